The van der Waals surface area contributed by atoms with Gasteiger partial charge in [-0.2, -0.15) is 13.2 Å². The van der Waals surface area contributed by atoms with Crippen molar-refractivity contribution in [2.24, 2.45) is 0 Å². The van der Waals surface area contributed by atoms with Crippen LogP contribution in [0.1, 0.15) is 5.56 Å². The van der Waals surface area contributed by atoms with Crippen LogP contribution in [0.3, 0.4) is 0 Å². The minimum absolute atomic E-state index is 0.151. The lowest BCUT2D eigenvalue weighted by Gasteiger charge is -2.13. The Hall–Kier alpha value is -3.66. The molecule has 0 spiro atoms. The van der Waals surface area contributed by atoms with Crippen LogP contribution < -0.4 is 11.3 Å². The van der Waals surface area contributed by atoms with Gasteiger partial charge in [0.1, 0.15) is 0 Å². The highest BCUT2D eigenvalue weighted by atomic mass is 32.2. The summed E-state index contributed by atoms with van der Waals surface area (Å²) in [5.41, 5.74) is 6.33. The number of nitrogens with two attached hydrogens (primary N) is 1. The van der Waals surface area contributed by atoms with Crippen molar-refractivity contribution >= 4 is 26.7 Å². The van der Waals surface area contributed by atoms with E-state index in [-0.39, 0.29) is 21.9 Å². The Morgan fingerprint density at radius 2 is 1.50 bits per heavy atom. The highest BCUT2D eigenvalue weighted by molar-refractivity contribution is 7.90. The number of rotatable bonds is 3. The summed E-state index contributed by atoms with van der Waals surface area (Å²) in [6.45, 7) is 0. The van der Waals surface area contributed by atoms with Crippen molar-refractivity contribution in [2.75, 3.05) is 12.0 Å². The van der Waals surface area contributed by atoms with Gasteiger partial charge in [0.2, 0.25) is 5.95 Å². The molecule has 4 aromatic rings. The van der Waals surface area contributed by atoms with Crippen molar-refractivity contribution in [1.82, 2.24) is 9.55 Å². The van der Waals surface area contributed by atoms with Crippen molar-refractivity contribution in [3.8, 4) is 16.8 Å². The van der Waals surface area contributed by atoms with E-state index in [1.807, 2.05) is 0 Å². The molecule has 0 aliphatic rings. The van der Waals surface area contributed by atoms with E-state index < -0.39 is 27.1 Å². The van der Waals surface area contributed by atoms with Crippen LogP contribution in [-0.4, -0.2) is 24.2 Å². The number of sulfone groups is 1. The van der Waals surface area contributed by atoms with Crippen LogP contribution in [0, 0.1) is 0 Å². The van der Waals surface area contributed by atoms with Gasteiger partial charge in [0.25, 0.3) is 5.56 Å². The van der Waals surface area contributed by atoms with Gasteiger partial charge in [-0.15, -0.1) is 0 Å². The normalized spacial score (nSPS) is 12.2. The molecule has 0 unspecified atom stereocenters. The average Bonchev–Trinajstić information content (AvgIpc) is 2.73. The van der Waals surface area contributed by atoms with Crippen LogP contribution >= 0.6 is 0 Å². The standard InChI is InChI=1S/C22H16F3N3O3S/c1-32(30,31)17-9-2-13(3-10-17)14-4-11-19-18(12-14)20(29)28(21(26)27-19)16-7-5-15(6-8-16)22(23,24)25/h2-12H,1H3,(H2,26,27). The molecule has 0 aliphatic heterocycles. The van der Waals surface area contributed by atoms with E-state index in [1.54, 1.807) is 30.3 Å². The molecule has 0 fully saturated rings. The Labute approximate surface area is 180 Å². The Morgan fingerprint density at radius 1 is 0.906 bits per heavy atom. The Kier molecular flexibility index (Phi) is 5.04. The molecule has 4 rings (SSSR count). The SMILES string of the molecule is CS(=O)(=O)c1ccc(-c2ccc3nc(N)n(-c4ccc(C(F)(F)F)cc4)c(=O)c3c2)cc1. The monoisotopic (exact) mass is 459 g/mol. The molecular formula is C22H16F3N3O3S. The van der Waals surface area contributed by atoms with Crippen LogP contribution in [0.25, 0.3) is 27.7 Å². The second-order valence-electron chi connectivity index (χ2n) is 7.18. The van der Waals surface area contributed by atoms with Gasteiger partial charge < -0.3 is 5.73 Å². The fourth-order valence-electron chi connectivity index (χ4n) is 3.33. The molecule has 0 saturated heterocycles. The zero-order valence-electron chi connectivity index (χ0n) is 16.6. The van der Waals surface area contributed by atoms with E-state index in [2.05, 4.69) is 4.98 Å². The van der Waals surface area contributed by atoms with E-state index in [0.717, 1.165) is 35.1 Å². The molecule has 3 aromatic carbocycles. The maximum absolute atomic E-state index is 13.1. The molecule has 6 nitrogen and oxygen atoms in total. The lowest BCUT2D eigenvalue weighted by atomic mass is 10.0. The van der Waals surface area contributed by atoms with Crippen molar-refractivity contribution in [2.45, 2.75) is 11.1 Å². The summed E-state index contributed by atoms with van der Waals surface area (Å²) in [4.78, 5) is 17.5. The number of alkyl halides is 3. The first-order valence-corrected chi connectivity index (χ1v) is 11.1. The molecule has 1 heterocycles. The number of anilines is 1. The summed E-state index contributed by atoms with van der Waals surface area (Å²) in [5.74, 6) is -0.160. The van der Waals surface area contributed by atoms with Gasteiger partial charge in [-0.1, -0.05) is 18.2 Å². The second-order valence-corrected chi connectivity index (χ2v) is 9.20. The minimum atomic E-state index is -4.50. The van der Waals surface area contributed by atoms with Gasteiger partial charge in [0.15, 0.2) is 9.84 Å². The first kappa shape index (κ1) is 21.6. The second kappa shape index (κ2) is 7.49. The molecule has 0 amide bonds. The van der Waals surface area contributed by atoms with Crippen LogP contribution in [0.4, 0.5) is 19.1 Å². The molecule has 2 N–H and O–H groups in total. The predicted octanol–water partition coefficient (Wildman–Crippen LogP) is 4.06. The fourth-order valence-corrected chi connectivity index (χ4v) is 3.96. The third-order valence-corrected chi connectivity index (χ3v) is 6.09. The van der Waals surface area contributed by atoms with Gasteiger partial charge in [0, 0.05) is 6.26 Å². The maximum atomic E-state index is 13.1. The first-order chi connectivity index (χ1) is 14.9. The van der Waals surface area contributed by atoms with E-state index in [1.165, 1.54) is 12.1 Å². The van der Waals surface area contributed by atoms with Crippen molar-refractivity contribution in [1.29, 1.82) is 0 Å². The molecular weight excluding hydrogens is 443 g/mol. The van der Waals surface area contributed by atoms with Crippen molar-refractivity contribution in [3.63, 3.8) is 0 Å². The highest BCUT2D eigenvalue weighted by Gasteiger charge is 2.30. The van der Waals surface area contributed by atoms with E-state index in [9.17, 15) is 26.4 Å². The van der Waals surface area contributed by atoms with Crippen LogP contribution in [-0.2, 0) is 16.0 Å². The number of nitrogen functional groups attached to an aromatic ring is 1. The van der Waals surface area contributed by atoms with Crippen LogP contribution in [0.2, 0.25) is 0 Å². The Balaban J connectivity index is 1.83. The minimum Gasteiger partial charge on any atom is -0.369 e. The van der Waals surface area contributed by atoms with Gasteiger partial charge in [-0.3, -0.25) is 4.79 Å². The number of nitrogens with zero attached hydrogens (tertiary/aromatic N) is 2. The third-order valence-electron chi connectivity index (χ3n) is 4.96. The zero-order chi connectivity index (χ0) is 23.3. The van der Waals surface area contributed by atoms with Crippen molar-refractivity contribution < 1.29 is 21.6 Å². The number of fused-ring (bicyclic) bond motifs is 1. The van der Waals surface area contributed by atoms with Gasteiger partial charge in [-0.25, -0.2) is 18.0 Å². The summed E-state index contributed by atoms with van der Waals surface area (Å²) in [6, 6.07) is 15.1. The molecule has 0 atom stereocenters. The lowest BCUT2D eigenvalue weighted by molar-refractivity contribution is -0.137. The average molecular weight is 459 g/mol. The molecule has 1 aromatic heterocycles. The predicted molar refractivity (Wildman–Crippen MR) is 115 cm³/mol. The number of hydrogen-bond acceptors (Lipinski definition) is 5. The number of aromatic nitrogens is 2. The summed E-state index contributed by atoms with van der Waals surface area (Å²) < 4.78 is 62.9. The lowest BCUT2D eigenvalue weighted by Crippen LogP contribution is -2.23. The van der Waals surface area contributed by atoms with E-state index >= 15 is 0 Å². The van der Waals surface area contributed by atoms with Gasteiger partial charge in [-0.05, 0) is 59.7 Å². The van der Waals surface area contributed by atoms with Gasteiger partial charge >= 0.3 is 6.18 Å². The van der Waals surface area contributed by atoms with Crippen LogP contribution in [0.15, 0.2) is 76.4 Å². The van der Waals surface area contributed by atoms with Crippen molar-refractivity contribution in [3.05, 3.63) is 82.6 Å². The summed E-state index contributed by atoms with van der Waals surface area (Å²) in [5, 5.41) is 0.212. The Morgan fingerprint density at radius 3 is 2.06 bits per heavy atom. The summed E-state index contributed by atoms with van der Waals surface area (Å²) in [6.07, 6.45) is -3.39. The quantitative estimate of drug-likeness (QED) is 0.499. The fraction of sp³-hybridized carbons (Fsp3) is 0.0909. The molecule has 32 heavy (non-hydrogen) atoms. The number of halogens is 3. The topological polar surface area (TPSA) is 95.0 Å². The molecule has 0 aliphatic carbocycles. The molecule has 0 radical (unpaired) electrons. The third kappa shape index (κ3) is 3.96. The zero-order valence-corrected chi connectivity index (χ0v) is 17.4. The largest absolute Gasteiger partial charge is 0.416 e. The summed E-state index contributed by atoms with van der Waals surface area (Å²) >= 11 is 0. The number of benzene rings is 3. The molecule has 10 heteroatoms. The van der Waals surface area contributed by atoms with Gasteiger partial charge in [0.05, 0.1) is 27.0 Å². The Bertz CT molecular complexity index is 1490. The van der Waals surface area contributed by atoms with Crippen LogP contribution in [0.5, 0.6) is 0 Å². The molecule has 0 bridgehead atoms. The molecule has 164 valence electrons. The number of hydrogen-bond donors (Lipinski definition) is 1. The maximum Gasteiger partial charge on any atom is 0.416 e. The first-order valence-electron chi connectivity index (χ1n) is 9.25. The molecule has 0 saturated carbocycles. The van der Waals surface area contributed by atoms with E-state index in [4.69, 9.17) is 5.73 Å². The summed E-state index contributed by atoms with van der Waals surface area (Å²) in [7, 11) is -3.34. The smallest absolute Gasteiger partial charge is 0.369 e. The highest BCUT2D eigenvalue weighted by Crippen LogP contribution is 2.30. The van der Waals surface area contributed by atoms with E-state index in [0.29, 0.717) is 16.6 Å².